The summed E-state index contributed by atoms with van der Waals surface area (Å²) in [5.41, 5.74) is 2.43. The molecule has 29 heavy (non-hydrogen) atoms. The van der Waals surface area contributed by atoms with Crippen LogP contribution in [0.2, 0.25) is 0 Å². The minimum absolute atomic E-state index is 0.109. The van der Waals surface area contributed by atoms with Crippen molar-refractivity contribution in [3.63, 3.8) is 0 Å². The maximum absolute atomic E-state index is 5.36. The number of nitrogens with one attached hydrogen (secondary N) is 2. The Morgan fingerprint density at radius 2 is 1.72 bits per heavy atom. The number of quaternary nitrogens is 2. The zero-order valence-electron chi connectivity index (χ0n) is 17.2. The molecule has 0 unspecified atom stereocenters. The highest BCUT2D eigenvalue weighted by Crippen LogP contribution is 2.21. The first-order valence-electron chi connectivity index (χ1n) is 10.4. The molecule has 2 aromatic carbocycles. The van der Waals surface area contributed by atoms with Gasteiger partial charge in [0.1, 0.15) is 31.9 Å². The Labute approximate surface area is 171 Å². The van der Waals surface area contributed by atoms with Crippen LogP contribution in [-0.4, -0.2) is 60.0 Å². The van der Waals surface area contributed by atoms with E-state index in [1.165, 1.54) is 35.7 Å². The molecule has 7 heteroatoms. The number of methoxy groups -OCH3 is 1. The molecule has 2 N–H and O–H groups in total. The number of rotatable bonds is 7. The maximum atomic E-state index is 5.36. The predicted molar refractivity (Wildman–Crippen MR) is 110 cm³/mol. The lowest BCUT2D eigenvalue weighted by Gasteiger charge is -2.33. The monoisotopic (exact) mass is 394 g/mol. The predicted octanol–water partition coefficient (Wildman–Crippen LogP) is -0.377. The van der Waals surface area contributed by atoms with E-state index in [1.54, 1.807) is 12.0 Å². The van der Waals surface area contributed by atoms with Crippen molar-refractivity contribution in [1.82, 2.24) is 20.2 Å². The normalized spacial score (nSPS) is 20.3. The summed E-state index contributed by atoms with van der Waals surface area (Å²) in [6, 6.07) is 18.8. The molecular weight excluding hydrogens is 364 g/mol. The van der Waals surface area contributed by atoms with E-state index in [0.717, 1.165) is 24.7 Å². The van der Waals surface area contributed by atoms with Crippen LogP contribution in [0.1, 0.15) is 29.9 Å². The molecule has 1 aromatic heterocycles. The molecule has 1 saturated heterocycles. The molecule has 3 aromatic rings. The van der Waals surface area contributed by atoms with Gasteiger partial charge in [0.2, 0.25) is 5.82 Å². The molecule has 152 valence electrons. The standard InChI is InChI=1S/C22H28N6O/c1-3-26-13-15-27(16-14-26)21(19-9-11-20(29-2)12-10-19)22-23-24-25-28(22)17-18-7-5-4-6-8-18/h4-12,21H,3,13-17H2,1-2H3/p+2/t21-/m1/s1. The summed E-state index contributed by atoms with van der Waals surface area (Å²) in [7, 11) is 1.70. The molecule has 2 heterocycles. The third-order valence-electron chi connectivity index (χ3n) is 5.95. The Kier molecular flexibility index (Phi) is 6.17. The van der Waals surface area contributed by atoms with Crippen LogP contribution in [0.15, 0.2) is 54.6 Å². The number of likely N-dealkylation sites (N-methyl/N-ethyl adjacent to an activating group) is 1. The highest BCUT2D eigenvalue weighted by atomic mass is 16.5. The summed E-state index contributed by atoms with van der Waals surface area (Å²) in [6.45, 7) is 8.71. The van der Waals surface area contributed by atoms with Crippen LogP contribution in [0.25, 0.3) is 0 Å². The molecule has 4 rings (SSSR count). The Morgan fingerprint density at radius 3 is 2.38 bits per heavy atom. The number of aromatic nitrogens is 4. The van der Waals surface area contributed by atoms with Crippen LogP contribution in [0, 0.1) is 0 Å². The van der Waals surface area contributed by atoms with E-state index < -0.39 is 0 Å². The molecule has 0 spiro atoms. The van der Waals surface area contributed by atoms with Crippen LogP contribution >= 0.6 is 0 Å². The van der Waals surface area contributed by atoms with Gasteiger partial charge in [-0.3, -0.25) is 0 Å². The van der Waals surface area contributed by atoms with Gasteiger partial charge in [-0.1, -0.05) is 30.3 Å². The summed E-state index contributed by atoms with van der Waals surface area (Å²) in [5, 5.41) is 12.9. The van der Waals surface area contributed by atoms with Crippen molar-refractivity contribution in [3.05, 3.63) is 71.5 Å². The molecule has 0 bridgehead atoms. The highest BCUT2D eigenvalue weighted by molar-refractivity contribution is 5.30. The van der Waals surface area contributed by atoms with Crippen molar-refractivity contribution in [2.24, 2.45) is 0 Å². The van der Waals surface area contributed by atoms with Gasteiger partial charge < -0.3 is 14.5 Å². The summed E-state index contributed by atoms with van der Waals surface area (Å²) < 4.78 is 7.32. The van der Waals surface area contributed by atoms with Crippen molar-refractivity contribution in [1.29, 1.82) is 0 Å². The largest absolute Gasteiger partial charge is 0.497 e. The Balaban J connectivity index is 1.66. The van der Waals surface area contributed by atoms with Gasteiger partial charge in [0.05, 0.1) is 20.2 Å². The second-order valence-electron chi connectivity index (χ2n) is 7.65. The van der Waals surface area contributed by atoms with E-state index >= 15 is 0 Å². The fraction of sp³-hybridized carbons (Fsp3) is 0.409. The van der Waals surface area contributed by atoms with E-state index in [2.05, 4.69) is 58.8 Å². The third kappa shape index (κ3) is 4.46. The van der Waals surface area contributed by atoms with Crippen LogP contribution < -0.4 is 14.5 Å². The lowest BCUT2D eigenvalue weighted by atomic mass is 10.0. The number of tetrazole rings is 1. The Morgan fingerprint density at radius 1 is 1.00 bits per heavy atom. The van der Waals surface area contributed by atoms with Crippen LogP contribution in [0.5, 0.6) is 5.75 Å². The number of hydrogen-bond donors (Lipinski definition) is 2. The van der Waals surface area contributed by atoms with Gasteiger partial charge >= 0.3 is 0 Å². The van der Waals surface area contributed by atoms with Crippen molar-refractivity contribution in [2.75, 3.05) is 39.8 Å². The molecule has 1 aliphatic rings. The second kappa shape index (κ2) is 9.15. The van der Waals surface area contributed by atoms with Gasteiger partial charge in [-0.2, -0.15) is 0 Å². The van der Waals surface area contributed by atoms with E-state index in [0.29, 0.717) is 6.54 Å². The van der Waals surface area contributed by atoms with Crippen molar-refractivity contribution in [3.8, 4) is 5.75 Å². The summed E-state index contributed by atoms with van der Waals surface area (Å²) in [5.74, 6) is 1.79. The van der Waals surface area contributed by atoms with Crippen molar-refractivity contribution < 1.29 is 14.5 Å². The van der Waals surface area contributed by atoms with Crippen LogP contribution in [0.4, 0.5) is 0 Å². The third-order valence-corrected chi connectivity index (χ3v) is 5.95. The smallest absolute Gasteiger partial charge is 0.214 e. The highest BCUT2D eigenvalue weighted by Gasteiger charge is 2.35. The Bertz CT molecular complexity index is 887. The maximum Gasteiger partial charge on any atom is 0.214 e. The molecule has 0 radical (unpaired) electrons. The van der Waals surface area contributed by atoms with Gasteiger partial charge in [-0.05, 0) is 47.2 Å². The van der Waals surface area contributed by atoms with Crippen molar-refractivity contribution in [2.45, 2.75) is 19.5 Å². The average Bonchev–Trinajstić information content (AvgIpc) is 3.23. The fourth-order valence-corrected chi connectivity index (χ4v) is 4.22. The van der Waals surface area contributed by atoms with Gasteiger partial charge in [0, 0.05) is 5.56 Å². The number of nitrogens with zero attached hydrogens (tertiary/aromatic N) is 4. The first kappa shape index (κ1) is 19.5. The van der Waals surface area contributed by atoms with E-state index in [9.17, 15) is 0 Å². The average molecular weight is 395 g/mol. The minimum Gasteiger partial charge on any atom is -0.497 e. The zero-order chi connectivity index (χ0) is 20.1. The summed E-state index contributed by atoms with van der Waals surface area (Å²) in [4.78, 5) is 3.20. The number of hydrogen-bond acceptors (Lipinski definition) is 4. The van der Waals surface area contributed by atoms with Gasteiger partial charge in [0.25, 0.3) is 0 Å². The SMILES string of the molecule is CC[NH+]1CC[NH+]([C@H](c2ccc(OC)cc2)c2nnnn2Cc2ccccc2)CC1. The molecule has 1 atom stereocenters. The fourth-order valence-electron chi connectivity index (χ4n) is 4.22. The number of ether oxygens (including phenoxy) is 1. The van der Waals surface area contributed by atoms with Gasteiger partial charge in [0.15, 0.2) is 6.04 Å². The lowest BCUT2D eigenvalue weighted by molar-refractivity contribution is -1.02. The van der Waals surface area contributed by atoms with Gasteiger partial charge in [-0.15, -0.1) is 5.10 Å². The summed E-state index contributed by atoms with van der Waals surface area (Å²) in [6.07, 6.45) is 0. The van der Waals surface area contributed by atoms with Gasteiger partial charge in [-0.25, -0.2) is 4.68 Å². The summed E-state index contributed by atoms with van der Waals surface area (Å²) >= 11 is 0. The quantitative estimate of drug-likeness (QED) is 0.574. The Hall–Kier alpha value is -2.77. The molecule has 0 aliphatic carbocycles. The number of piperazine rings is 1. The van der Waals surface area contributed by atoms with E-state index in [1.807, 2.05) is 22.9 Å². The van der Waals surface area contributed by atoms with E-state index in [4.69, 9.17) is 4.74 Å². The first-order valence-corrected chi connectivity index (χ1v) is 10.4. The van der Waals surface area contributed by atoms with Crippen LogP contribution in [0.3, 0.4) is 0 Å². The zero-order valence-corrected chi connectivity index (χ0v) is 17.2. The second-order valence-corrected chi connectivity index (χ2v) is 7.65. The topological polar surface area (TPSA) is 61.7 Å². The molecule has 1 aliphatic heterocycles. The minimum atomic E-state index is 0.109. The molecular formula is C22H30N6O+2. The molecule has 0 saturated carbocycles. The number of benzene rings is 2. The first-order chi connectivity index (χ1) is 14.3. The van der Waals surface area contributed by atoms with Crippen LogP contribution in [-0.2, 0) is 6.54 Å². The molecule has 0 amide bonds. The lowest BCUT2D eigenvalue weighted by Crippen LogP contribution is -3.28. The molecule has 7 nitrogen and oxygen atoms in total. The van der Waals surface area contributed by atoms with E-state index in [-0.39, 0.29) is 6.04 Å². The molecule has 1 fully saturated rings. The van der Waals surface area contributed by atoms with Crippen molar-refractivity contribution >= 4 is 0 Å².